The van der Waals surface area contributed by atoms with Crippen LogP contribution in [0.15, 0.2) is 40.8 Å². The van der Waals surface area contributed by atoms with Gasteiger partial charge in [-0.2, -0.15) is 0 Å². The van der Waals surface area contributed by atoms with Crippen LogP contribution >= 0.6 is 0 Å². The molecule has 0 aliphatic rings. The van der Waals surface area contributed by atoms with Crippen LogP contribution in [0.3, 0.4) is 0 Å². The highest BCUT2D eigenvalue weighted by molar-refractivity contribution is 7.80. The molecule has 0 bridgehead atoms. The van der Waals surface area contributed by atoms with Crippen LogP contribution in [0, 0.1) is 0 Å². The number of nitrogens with zero attached hydrogens (tertiary/aromatic N) is 6. The van der Waals surface area contributed by atoms with E-state index in [4.69, 9.17) is 0 Å². The van der Waals surface area contributed by atoms with Gasteiger partial charge in [-0.15, -0.1) is 4.68 Å². The van der Waals surface area contributed by atoms with E-state index in [1.165, 1.54) is 5.69 Å². The average Bonchev–Trinajstić information content (AvgIpc) is 2.92. The largest absolute Gasteiger partial charge is 0.726 e. The zero-order valence-electron chi connectivity index (χ0n) is 15.5. The molecule has 0 saturated carbocycles. The summed E-state index contributed by atoms with van der Waals surface area (Å²) in [4.78, 5) is 2.29. The molecule has 144 valence electrons. The normalized spacial score (nSPS) is 11.3. The Morgan fingerprint density at radius 2 is 1.77 bits per heavy atom. The molecule has 0 spiro atoms. The number of benzene rings is 1. The number of anilines is 1. The third kappa shape index (κ3) is 7.25. The van der Waals surface area contributed by atoms with Gasteiger partial charge < -0.3 is 9.45 Å². The molecule has 0 aliphatic carbocycles. The van der Waals surface area contributed by atoms with Crippen LogP contribution in [0.1, 0.15) is 13.8 Å². The molecule has 26 heavy (non-hydrogen) atoms. The summed E-state index contributed by atoms with van der Waals surface area (Å²) >= 11 is 0. The molecule has 1 heterocycles. The lowest BCUT2D eigenvalue weighted by Gasteiger charge is -2.20. The first-order valence-corrected chi connectivity index (χ1v) is 9.21. The van der Waals surface area contributed by atoms with Crippen LogP contribution < -0.4 is 9.47 Å². The molecule has 0 atom stereocenters. The van der Waals surface area contributed by atoms with Crippen molar-refractivity contribution in [3.05, 3.63) is 30.6 Å². The van der Waals surface area contributed by atoms with Crippen molar-refractivity contribution in [1.82, 2.24) is 9.78 Å². The fourth-order valence-corrected chi connectivity index (χ4v) is 2.05. The predicted octanol–water partition coefficient (Wildman–Crippen LogP) is 1.60. The van der Waals surface area contributed by atoms with E-state index in [-0.39, 0.29) is 0 Å². The van der Waals surface area contributed by atoms with Crippen molar-refractivity contribution in [2.75, 3.05) is 25.1 Å². The lowest BCUT2D eigenvalue weighted by atomic mass is 10.2. The highest BCUT2D eigenvalue weighted by Crippen LogP contribution is 2.20. The topological polar surface area (TPSA) is 116 Å². The summed E-state index contributed by atoms with van der Waals surface area (Å²) in [6.45, 7) is 6.30. The zero-order chi connectivity index (χ0) is 19.7. The van der Waals surface area contributed by atoms with Crippen LogP contribution in [-0.4, -0.2) is 43.0 Å². The summed E-state index contributed by atoms with van der Waals surface area (Å²) < 4.78 is 34.6. The first kappa shape index (κ1) is 21.7. The summed E-state index contributed by atoms with van der Waals surface area (Å²) in [6.07, 6.45) is 1.85. The minimum absolute atomic E-state index is 0.584. The minimum atomic E-state index is -4.41. The molecular weight excluding hydrogens is 360 g/mol. The van der Waals surface area contributed by atoms with Crippen LogP contribution in [0.2, 0.25) is 0 Å². The summed E-state index contributed by atoms with van der Waals surface area (Å²) in [5.41, 5.74) is 2.03. The van der Waals surface area contributed by atoms with Crippen LogP contribution in [0.4, 0.5) is 17.3 Å². The summed E-state index contributed by atoms with van der Waals surface area (Å²) in [7, 11) is 0.149. The molecular formula is C15H24N6O4S. The lowest BCUT2D eigenvalue weighted by Crippen LogP contribution is -2.24. The summed E-state index contributed by atoms with van der Waals surface area (Å²) in [5, 5.41) is 12.6. The summed E-state index contributed by atoms with van der Waals surface area (Å²) in [5.74, 6) is 0.584. The first-order valence-electron chi connectivity index (χ1n) is 7.87. The Labute approximate surface area is 153 Å². The Bertz CT molecular complexity index is 813. The maximum absolute atomic E-state index is 9.22. The molecule has 0 radical (unpaired) electrons. The fourth-order valence-electron chi connectivity index (χ4n) is 2.05. The minimum Gasteiger partial charge on any atom is -0.726 e. The number of aryl methyl sites for hydroxylation is 2. The second-order valence-corrected chi connectivity index (χ2v) is 6.31. The van der Waals surface area contributed by atoms with Gasteiger partial charge in [0, 0.05) is 29.0 Å². The second-order valence-electron chi connectivity index (χ2n) is 5.16. The van der Waals surface area contributed by atoms with E-state index in [1.807, 2.05) is 37.1 Å². The van der Waals surface area contributed by atoms with E-state index in [9.17, 15) is 13.0 Å². The molecule has 0 unspecified atom stereocenters. The highest BCUT2D eigenvalue weighted by Gasteiger charge is 2.10. The highest BCUT2D eigenvalue weighted by atomic mass is 32.3. The average molecular weight is 384 g/mol. The molecule has 2 aromatic rings. The predicted molar refractivity (Wildman–Crippen MR) is 95.3 cm³/mol. The van der Waals surface area contributed by atoms with Gasteiger partial charge in [0.1, 0.15) is 0 Å². The van der Waals surface area contributed by atoms with Crippen molar-refractivity contribution in [2.24, 2.45) is 24.3 Å². The molecule has 10 nitrogen and oxygen atoms in total. The van der Waals surface area contributed by atoms with E-state index < -0.39 is 10.4 Å². The molecule has 11 heteroatoms. The number of rotatable bonds is 6. The van der Waals surface area contributed by atoms with Crippen molar-refractivity contribution in [1.29, 1.82) is 0 Å². The lowest BCUT2D eigenvalue weighted by molar-refractivity contribution is -0.659. The van der Waals surface area contributed by atoms with Gasteiger partial charge in [0.05, 0.1) is 26.9 Å². The van der Waals surface area contributed by atoms with Crippen LogP contribution in [-0.2, 0) is 28.7 Å². The number of azo groups is 1. The monoisotopic (exact) mass is 384 g/mol. The third-order valence-corrected chi connectivity index (χ3v) is 3.75. The smallest absolute Gasteiger partial charge is 0.435 e. The van der Waals surface area contributed by atoms with E-state index >= 15 is 0 Å². The molecule has 1 aromatic carbocycles. The van der Waals surface area contributed by atoms with Gasteiger partial charge in [-0.3, -0.25) is 4.18 Å². The van der Waals surface area contributed by atoms with Crippen molar-refractivity contribution < 1.29 is 21.7 Å². The maximum Gasteiger partial charge on any atom is 0.435 e. The Morgan fingerprint density at radius 1 is 1.23 bits per heavy atom. The molecule has 0 fully saturated rings. The SMILES string of the molecule is CCN(CC)c1ccc(N=Nc2nn(C)c[n+]2C)cc1.COS(=O)(=O)[O-]. The van der Waals surface area contributed by atoms with Crippen LogP contribution in [0.5, 0.6) is 0 Å². The quantitative estimate of drug-likeness (QED) is 0.323. The van der Waals surface area contributed by atoms with Crippen molar-refractivity contribution in [3.63, 3.8) is 0 Å². The number of hydrogen-bond donors (Lipinski definition) is 0. The number of aromatic nitrogens is 3. The van der Waals surface area contributed by atoms with Crippen molar-refractivity contribution in [2.45, 2.75) is 13.8 Å². The fraction of sp³-hybridized carbons (Fsp3) is 0.467. The second kappa shape index (κ2) is 9.94. The van der Waals surface area contributed by atoms with Crippen LogP contribution in [0.25, 0.3) is 0 Å². The Hall–Kier alpha value is -2.37. The molecule has 0 N–H and O–H groups in total. The zero-order valence-corrected chi connectivity index (χ0v) is 16.3. The van der Waals surface area contributed by atoms with E-state index in [0.717, 1.165) is 25.9 Å². The third-order valence-electron chi connectivity index (χ3n) is 3.34. The summed E-state index contributed by atoms with van der Waals surface area (Å²) in [6, 6.07) is 8.08. The van der Waals surface area contributed by atoms with Crippen molar-refractivity contribution in [3.8, 4) is 0 Å². The van der Waals surface area contributed by atoms with E-state index in [1.54, 1.807) is 4.68 Å². The molecule has 2 rings (SSSR count). The van der Waals surface area contributed by atoms with Gasteiger partial charge in [0.15, 0.2) is 6.33 Å². The standard InChI is InChI=1S/C14H21N6.CH4O4S/c1-5-20(6-2)13-9-7-12(8-10-13)15-16-14-17-19(4)11-18(14)3;1-5-6(2,3)4/h7-11H,5-6H2,1-4H3;1H3,(H,2,3,4)/q+1;/p-1. The molecule has 0 amide bonds. The van der Waals surface area contributed by atoms with E-state index in [2.05, 4.69) is 50.4 Å². The van der Waals surface area contributed by atoms with Gasteiger partial charge in [0.2, 0.25) is 10.4 Å². The van der Waals surface area contributed by atoms with E-state index in [0.29, 0.717) is 5.95 Å². The Morgan fingerprint density at radius 3 is 2.15 bits per heavy atom. The van der Waals surface area contributed by atoms with Gasteiger partial charge >= 0.3 is 5.95 Å². The molecule has 1 aromatic heterocycles. The molecule has 0 aliphatic heterocycles. The van der Waals surface area contributed by atoms with Gasteiger partial charge in [-0.05, 0) is 38.1 Å². The van der Waals surface area contributed by atoms with Crippen molar-refractivity contribution >= 4 is 27.7 Å². The first-order chi connectivity index (χ1) is 12.2. The van der Waals surface area contributed by atoms with Gasteiger partial charge in [0.25, 0.3) is 0 Å². The Balaban J connectivity index is 0.000000487. The Kier molecular flexibility index (Phi) is 8.29. The molecule has 0 saturated heterocycles. The van der Waals surface area contributed by atoms with Gasteiger partial charge in [-0.25, -0.2) is 13.0 Å². The maximum atomic E-state index is 9.22. The number of hydrogen-bond acceptors (Lipinski definition) is 8. The van der Waals surface area contributed by atoms with Gasteiger partial charge in [-0.1, -0.05) is 5.11 Å².